The van der Waals surface area contributed by atoms with Gasteiger partial charge in [0.25, 0.3) is 0 Å². The lowest BCUT2D eigenvalue weighted by Gasteiger charge is -2.36. The quantitative estimate of drug-likeness (QED) is 0.479. The maximum Gasteiger partial charge on any atom is 0.236 e. The molecule has 1 N–H and O–H groups in total. The number of hydrogen-bond acceptors (Lipinski definition) is 4. The summed E-state index contributed by atoms with van der Waals surface area (Å²) in [5.74, 6) is -2.11. The Morgan fingerprint density at radius 1 is 1.56 bits per heavy atom. The summed E-state index contributed by atoms with van der Waals surface area (Å²) >= 11 is 12.1. The highest BCUT2D eigenvalue weighted by molar-refractivity contribution is 6.55. The smallest absolute Gasteiger partial charge is 0.236 e. The Bertz CT molecular complexity index is 341. The maximum atomic E-state index is 11.9. The Kier molecular flexibility index (Phi) is 3.80. The monoisotopic (exact) mass is 265 g/mol. The molecule has 1 aliphatic carbocycles. The van der Waals surface area contributed by atoms with Crippen LogP contribution in [0.3, 0.4) is 0 Å². The third-order valence-corrected chi connectivity index (χ3v) is 3.76. The van der Waals surface area contributed by atoms with Crippen molar-refractivity contribution in [1.82, 2.24) is 0 Å². The highest BCUT2D eigenvalue weighted by Crippen LogP contribution is 2.46. The minimum atomic E-state index is -1.62. The van der Waals surface area contributed by atoms with Gasteiger partial charge in [-0.2, -0.15) is 0 Å². The number of hydrogen-bond donors (Lipinski definition) is 1. The van der Waals surface area contributed by atoms with Gasteiger partial charge in [0.1, 0.15) is 5.38 Å². The highest BCUT2D eigenvalue weighted by Gasteiger charge is 2.68. The van der Waals surface area contributed by atoms with Crippen LogP contribution in [0.15, 0.2) is 12.7 Å². The molecule has 0 aromatic rings. The summed E-state index contributed by atoms with van der Waals surface area (Å²) in [6.45, 7) is 3.53. The van der Waals surface area contributed by atoms with Crippen LogP contribution >= 0.6 is 23.2 Å². The van der Waals surface area contributed by atoms with Gasteiger partial charge in [-0.1, -0.05) is 6.08 Å². The lowest BCUT2D eigenvalue weighted by molar-refractivity contribution is -0.174. The molecule has 90 valence electrons. The average Bonchev–Trinajstić information content (AvgIpc) is 2.41. The molecule has 0 bridgehead atoms. The predicted molar refractivity (Wildman–Crippen MR) is 62.5 cm³/mol. The van der Waals surface area contributed by atoms with E-state index in [1.165, 1.54) is 20.3 Å². The van der Waals surface area contributed by atoms with E-state index in [4.69, 9.17) is 38.1 Å². The Morgan fingerprint density at radius 3 is 2.44 bits per heavy atom. The van der Waals surface area contributed by atoms with Gasteiger partial charge in [-0.05, 0) is 6.42 Å². The van der Waals surface area contributed by atoms with Gasteiger partial charge < -0.3 is 14.9 Å². The molecule has 1 fully saturated rings. The molecular formula is C10H13Cl2NO3. The number of allylic oxidation sites excluding steroid dienone is 1. The third kappa shape index (κ3) is 1.44. The van der Waals surface area contributed by atoms with Crippen LogP contribution < -0.4 is 0 Å². The van der Waals surface area contributed by atoms with E-state index in [-0.39, 0.29) is 12.1 Å². The summed E-state index contributed by atoms with van der Waals surface area (Å²) in [7, 11) is 2.64. The number of rotatable bonds is 4. The van der Waals surface area contributed by atoms with Crippen LogP contribution in [0.4, 0.5) is 0 Å². The zero-order valence-electron chi connectivity index (χ0n) is 9.05. The summed E-state index contributed by atoms with van der Waals surface area (Å²) in [4.78, 5) is 10.4. The van der Waals surface area contributed by atoms with Crippen molar-refractivity contribution in [2.75, 3.05) is 14.2 Å². The van der Waals surface area contributed by atoms with Gasteiger partial charge in [-0.15, -0.1) is 29.8 Å². The van der Waals surface area contributed by atoms with Crippen molar-refractivity contribution < 1.29 is 14.3 Å². The largest absolute Gasteiger partial charge is 0.347 e. The van der Waals surface area contributed by atoms with Gasteiger partial charge in [0, 0.05) is 14.2 Å². The number of nitrogens with one attached hydrogen (secondary N) is 1. The summed E-state index contributed by atoms with van der Waals surface area (Å²) in [5.41, 5.74) is -0.180. The summed E-state index contributed by atoms with van der Waals surface area (Å²) in [6.07, 6.45) is 1.58. The molecule has 6 heteroatoms. The van der Waals surface area contributed by atoms with Crippen molar-refractivity contribution in [3.05, 3.63) is 12.7 Å². The van der Waals surface area contributed by atoms with Gasteiger partial charge in [0.15, 0.2) is 10.7 Å². The molecule has 0 amide bonds. The average molecular weight is 266 g/mol. The molecule has 1 aliphatic rings. The van der Waals surface area contributed by atoms with Crippen molar-refractivity contribution in [1.29, 1.82) is 5.41 Å². The van der Waals surface area contributed by atoms with Crippen LogP contribution in [-0.2, 0) is 14.3 Å². The Balaban J connectivity index is 3.36. The number of carbonyl (C=O) groups is 1. The molecule has 0 aromatic carbocycles. The first-order chi connectivity index (χ1) is 7.41. The number of Topliss-reactive ketones (excluding diaryl/α,β-unsaturated/α-hetero) is 1. The molecule has 1 rings (SSSR count). The standard InChI is InChI=1S/C10H13Cl2NO3/c1-4-5-9(12)8(14)6(11)7(13)10(9,15-2)16-3/h4,6,13H,1,5H2,2-3H3/t6?,9-/m0/s1. The molecular weight excluding hydrogens is 253 g/mol. The minimum Gasteiger partial charge on any atom is -0.347 e. The Labute approximate surface area is 104 Å². The Morgan fingerprint density at radius 2 is 2.06 bits per heavy atom. The van der Waals surface area contributed by atoms with E-state index >= 15 is 0 Å². The van der Waals surface area contributed by atoms with Crippen molar-refractivity contribution >= 4 is 34.7 Å². The van der Waals surface area contributed by atoms with Crippen LogP contribution in [0.25, 0.3) is 0 Å². The molecule has 1 saturated carbocycles. The molecule has 16 heavy (non-hydrogen) atoms. The number of carbonyl (C=O) groups excluding carboxylic acids is 1. The van der Waals surface area contributed by atoms with Crippen LogP contribution in [-0.4, -0.2) is 41.8 Å². The summed E-state index contributed by atoms with van der Waals surface area (Å²) in [6, 6.07) is 0. The molecule has 0 saturated heterocycles. The van der Waals surface area contributed by atoms with Gasteiger partial charge in [0.05, 0.1) is 5.71 Å². The molecule has 4 nitrogen and oxygen atoms in total. The summed E-state index contributed by atoms with van der Waals surface area (Å²) in [5, 5.41) is 6.68. The highest BCUT2D eigenvalue weighted by atomic mass is 35.5. The molecule has 0 radical (unpaired) electrons. The third-order valence-electron chi connectivity index (χ3n) is 2.75. The van der Waals surface area contributed by atoms with Crippen molar-refractivity contribution in [2.45, 2.75) is 22.5 Å². The lowest BCUT2D eigenvalue weighted by Crippen LogP contribution is -2.55. The van der Waals surface area contributed by atoms with E-state index < -0.39 is 21.8 Å². The first kappa shape index (κ1) is 13.6. The number of ketones is 1. The molecule has 0 heterocycles. The SMILES string of the molecule is C=CC[C@]1(Cl)C(=O)C(Cl)C(=N)C1(OC)OC. The van der Waals surface area contributed by atoms with Gasteiger partial charge >= 0.3 is 0 Å². The van der Waals surface area contributed by atoms with E-state index in [1.807, 2.05) is 0 Å². The normalized spacial score (nSPS) is 33.1. The van der Waals surface area contributed by atoms with Crippen LogP contribution in [0.1, 0.15) is 6.42 Å². The maximum absolute atomic E-state index is 11.9. The van der Waals surface area contributed by atoms with E-state index in [0.29, 0.717) is 0 Å². The fourth-order valence-corrected chi connectivity index (χ4v) is 2.80. The van der Waals surface area contributed by atoms with Crippen molar-refractivity contribution in [3.8, 4) is 0 Å². The van der Waals surface area contributed by atoms with E-state index in [0.717, 1.165) is 0 Å². The van der Waals surface area contributed by atoms with Crippen LogP contribution in [0.2, 0.25) is 0 Å². The molecule has 0 spiro atoms. The minimum absolute atomic E-state index is 0.112. The fourth-order valence-electron chi connectivity index (χ4n) is 1.94. The van der Waals surface area contributed by atoms with E-state index in [9.17, 15) is 4.79 Å². The molecule has 0 aromatic heterocycles. The topological polar surface area (TPSA) is 59.4 Å². The second-order valence-electron chi connectivity index (χ2n) is 3.46. The zero-order valence-corrected chi connectivity index (χ0v) is 10.6. The fraction of sp³-hybridized carbons (Fsp3) is 0.600. The second-order valence-corrected chi connectivity index (χ2v) is 4.54. The molecule has 2 atom stereocenters. The van der Waals surface area contributed by atoms with Crippen molar-refractivity contribution in [2.24, 2.45) is 0 Å². The van der Waals surface area contributed by atoms with Crippen LogP contribution in [0, 0.1) is 5.41 Å². The molecule has 0 aliphatic heterocycles. The number of alkyl halides is 2. The number of halogens is 2. The van der Waals surface area contributed by atoms with Crippen molar-refractivity contribution in [3.63, 3.8) is 0 Å². The first-order valence-corrected chi connectivity index (χ1v) is 5.40. The van der Waals surface area contributed by atoms with Gasteiger partial charge in [0.2, 0.25) is 5.79 Å². The lowest BCUT2D eigenvalue weighted by atomic mass is 9.95. The number of ether oxygens (including phenoxy) is 2. The Hall–Kier alpha value is -0.420. The molecule has 1 unspecified atom stereocenters. The van der Waals surface area contributed by atoms with Crippen LogP contribution in [0.5, 0.6) is 0 Å². The van der Waals surface area contributed by atoms with Gasteiger partial charge in [-0.3, -0.25) is 4.79 Å². The summed E-state index contributed by atoms with van der Waals surface area (Å²) < 4.78 is 10.3. The first-order valence-electron chi connectivity index (χ1n) is 4.58. The van der Waals surface area contributed by atoms with Gasteiger partial charge in [-0.25, -0.2) is 0 Å². The second kappa shape index (κ2) is 4.45. The van der Waals surface area contributed by atoms with E-state index in [1.54, 1.807) is 0 Å². The van der Waals surface area contributed by atoms with E-state index in [2.05, 4.69) is 6.58 Å². The number of methoxy groups -OCH3 is 2. The predicted octanol–water partition coefficient (Wildman–Crippen LogP) is 1.74. The zero-order chi connectivity index (χ0) is 12.6.